The molecule has 0 unspecified atom stereocenters. The Morgan fingerprint density at radius 1 is 1.27 bits per heavy atom. The van der Waals surface area contributed by atoms with Crippen LogP contribution in [0.5, 0.6) is 0 Å². The fourth-order valence-electron chi connectivity index (χ4n) is 0.865. The number of alkyl halides is 3. The van der Waals surface area contributed by atoms with E-state index in [9.17, 15) is 22.4 Å². The monoisotopic (exact) mass is 420 g/mol. The van der Waals surface area contributed by atoms with Crippen LogP contribution >= 0.6 is 0 Å². The van der Waals surface area contributed by atoms with Gasteiger partial charge in [-0.2, -0.15) is 13.2 Å². The fourth-order valence-corrected chi connectivity index (χ4v) is 0.865. The molecule has 0 aliphatic heterocycles. The zero-order valence-corrected chi connectivity index (χ0v) is 12.8. The van der Waals surface area contributed by atoms with Crippen molar-refractivity contribution in [2.45, 2.75) is 6.18 Å². The van der Waals surface area contributed by atoms with E-state index < -0.39 is 29.1 Å². The maximum atomic E-state index is 12.8. The van der Waals surface area contributed by atoms with Gasteiger partial charge in [-0.1, -0.05) is 0 Å². The first-order valence-corrected chi connectivity index (χ1v) is 3.42. The van der Waals surface area contributed by atoms with Crippen molar-refractivity contribution in [3.05, 3.63) is 35.1 Å². The van der Waals surface area contributed by atoms with Crippen molar-refractivity contribution in [1.82, 2.24) is 0 Å². The summed E-state index contributed by atoms with van der Waals surface area (Å²) in [4.78, 5) is 10.3. The number of carboxylic acids is 1. The molecule has 0 aliphatic rings. The van der Waals surface area contributed by atoms with E-state index in [1.807, 2.05) is 0 Å². The fraction of sp³-hybridized carbons (Fsp3) is 0.125. The van der Waals surface area contributed by atoms with Gasteiger partial charge in [-0.05, 0) is 18.2 Å². The molecule has 0 saturated heterocycles. The van der Waals surface area contributed by atoms with Gasteiger partial charge in [0.15, 0.2) is 0 Å². The second-order valence-electron chi connectivity index (χ2n) is 2.50. The van der Waals surface area contributed by atoms with Crippen molar-refractivity contribution in [1.29, 1.82) is 0 Å². The topological polar surface area (TPSA) is 37.3 Å². The van der Waals surface area contributed by atoms with Crippen LogP contribution in [0.4, 0.5) is 17.6 Å². The van der Waals surface area contributed by atoms with Gasteiger partial charge in [0.1, 0.15) is 5.82 Å². The predicted molar refractivity (Wildman–Crippen MR) is 48.3 cm³/mol. The normalized spacial score (nSPS) is 10.7. The Hall–Kier alpha value is -0.707. The van der Waals surface area contributed by atoms with Crippen LogP contribution in [-0.4, -0.2) is 37.3 Å². The van der Waals surface area contributed by atoms with Gasteiger partial charge in [0.2, 0.25) is 0 Å². The Morgan fingerprint density at radius 3 is 2.13 bits per heavy atom. The van der Waals surface area contributed by atoms with Crippen molar-refractivity contribution in [2.24, 2.45) is 0 Å². The van der Waals surface area contributed by atoms with Gasteiger partial charge in [0, 0.05) is 0 Å². The van der Waals surface area contributed by atoms with E-state index in [-0.39, 0.29) is 32.3 Å². The Bertz CT molecular complexity index is 375. The Morgan fingerprint density at radius 2 is 1.80 bits per heavy atom. The summed E-state index contributed by atoms with van der Waals surface area (Å²) in [5.74, 6) is -3.00. The van der Waals surface area contributed by atoms with Crippen LogP contribution in [0.1, 0.15) is 15.9 Å². The molecule has 0 spiro atoms. The molecule has 1 rings (SSSR count). The first kappa shape index (κ1) is 14.3. The third kappa shape index (κ3) is 3.41. The van der Waals surface area contributed by atoms with Gasteiger partial charge >= 0.3 is 38.3 Å². The molecule has 1 N–H and O–H groups in total. The van der Waals surface area contributed by atoms with Crippen molar-refractivity contribution >= 4 is 32.2 Å². The standard InChI is InChI=1S/C8H4F4O2.Bi.3H/c9-6-3-4(8(10,11)12)1-2-5(6)7(13)14;;;;/h1-3H,(H,13,14);;;;. The van der Waals surface area contributed by atoms with Crippen LogP contribution in [-0.2, 0) is 6.18 Å². The predicted octanol–water partition coefficient (Wildman–Crippen LogP) is 1.36. The average Bonchev–Trinajstić information content (AvgIpc) is 2.01. The summed E-state index contributed by atoms with van der Waals surface area (Å²) in [6, 6.07) is 1.26. The summed E-state index contributed by atoms with van der Waals surface area (Å²) in [5.41, 5.74) is -1.99. The van der Waals surface area contributed by atoms with Crippen LogP contribution in [0.3, 0.4) is 0 Å². The Kier molecular flexibility index (Phi) is 4.65. The summed E-state index contributed by atoms with van der Waals surface area (Å²) in [7, 11) is 0. The molecule has 84 valence electrons. The minimum atomic E-state index is -4.67. The molecule has 2 nitrogen and oxygen atoms in total. The van der Waals surface area contributed by atoms with Crippen LogP contribution in [0.15, 0.2) is 18.2 Å². The summed E-state index contributed by atoms with van der Waals surface area (Å²) < 4.78 is 48.7. The van der Waals surface area contributed by atoms with E-state index in [0.717, 1.165) is 0 Å². The first-order valence-electron chi connectivity index (χ1n) is 3.42. The summed E-state index contributed by atoms with van der Waals surface area (Å²) in [6.07, 6.45) is -4.67. The SMILES string of the molecule is O=C(O)c1ccc(C(F)(F)F)cc1F.[BiH3]. The number of hydrogen-bond acceptors (Lipinski definition) is 1. The van der Waals surface area contributed by atoms with E-state index >= 15 is 0 Å². The molecule has 0 amide bonds. The van der Waals surface area contributed by atoms with Crippen LogP contribution < -0.4 is 0 Å². The van der Waals surface area contributed by atoms with Gasteiger partial charge in [-0.25, -0.2) is 9.18 Å². The number of benzene rings is 1. The molecule has 7 heteroatoms. The van der Waals surface area contributed by atoms with E-state index in [4.69, 9.17) is 5.11 Å². The van der Waals surface area contributed by atoms with Crippen molar-refractivity contribution in [2.75, 3.05) is 0 Å². The quantitative estimate of drug-likeness (QED) is 0.551. The summed E-state index contributed by atoms with van der Waals surface area (Å²) in [6.45, 7) is 0. The molecule has 0 saturated carbocycles. The van der Waals surface area contributed by atoms with Crippen LogP contribution in [0.25, 0.3) is 0 Å². The molecule has 0 fully saturated rings. The Labute approximate surface area is 101 Å². The first-order chi connectivity index (χ1) is 6.32. The second-order valence-corrected chi connectivity index (χ2v) is 2.50. The number of hydrogen-bond donors (Lipinski definition) is 1. The molecule has 1 aromatic carbocycles. The van der Waals surface area contributed by atoms with Crippen LogP contribution in [0, 0.1) is 5.82 Å². The third-order valence-corrected chi connectivity index (χ3v) is 1.53. The summed E-state index contributed by atoms with van der Waals surface area (Å²) in [5, 5.41) is 8.34. The van der Waals surface area contributed by atoms with E-state index in [0.29, 0.717) is 12.1 Å². The third-order valence-electron chi connectivity index (χ3n) is 1.53. The minimum absolute atomic E-state index is 0. The molecule has 1 aromatic rings. The van der Waals surface area contributed by atoms with E-state index in [1.165, 1.54) is 0 Å². The van der Waals surface area contributed by atoms with Crippen molar-refractivity contribution < 1.29 is 27.5 Å². The molecule has 0 bridgehead atoms. The number of carbonyl (C=O) groups is 1. The molecule has 0 atom stereocenters. The molecule has 0 aromatic heterocycles. The van der Waals surface area contributed by atoms with Gasteiger partial charge in [0.25, 0.3) is 0 Å². The molecule has 0 radical (unpaired) electrons. The number of aromatic carboxylic acids is 1. The van der Waals surface area contributed by atoms with Crippen molar-refractivity contribution in [3.63, 3.8) is 0 Å². The van der Waals surface area contributed by atoms with Gasteiger partial charge in [0.05, 0.1) is 11.1 Å². The maximum absolute atomic E-state index is 12.8. The molecular formula is C8H7BiF4O2. The second kappa shape index (κ2) is 4.88. The molecular weight excluding hydrogens is 413 g/mol. The zero-order valence-electron chi connectivity index (χ0n) is 7.31. The zero-order chi connectivity index (χ0) is 10.9. The number of carboxylic acid groups (broad SMARTS) is 1. The Balaban J connectivity index is 0.00000196. The van der Waals surface area contributed by atoms with E-state index in [1.54, 1.807) is 0 Å². The van der Waals surface area contributed by atoms with Gasteiger partial charge < -0.3 is 5.11 Å². The van der Waals surface area contributed by atoms with Gasteiger partial charge in [-0.3, -0.25) is 0 Å². The number of rotatable bonds is 1. The van der Waals surface area contributed by atoms with Crippen molar-refractivity contribution in [3.8, 4) is 0 Å². The summed E-state index contributed by atoms with van der Waals surface area (Å²) >= 11 is 0. The molecule has 0 aliphatic carbocycles. The molecule has 0 heterocycles. The van der Waals surface area contributed by atoms with Crippen LogP contribution in [0.2, 0.25) is 0 Å². The molecule has 15 heavy (non-hydrogen) atoms. The van der Waals surface area contributed by atoms with E-state index in [2.05, 4.69) is 0 Å². The van der Waals surface area contributed by atoms with Gasteiger partial charge in [-0.15, -0.1) is 0 Å². The average molecular weight is 420 g/mol. The number of halogens is 4.